The van der Waals surface area contributed by atoms with Crippen LogP contribution in [0, 0.1) is 0 Å². The number of carbonyl (C=O) groups excluding carboxylic acids is 1. The van der Waals surface area contributed by atoms with Crippen molar-refractivity contribution in [1.29, 1.82) is 0 Å². The van der Waals surface area contributed by atoms with Crippen LogP contribution in [-0.4, -0.2) is 31.4 Å². The van der Waals surface area contributed by atoms with Crippen LogP contribution >= 0.6 is 0 Å². The van der Waals surface area contributed by atoms with Gasteiger partial charge in [-0.2, -0.15) is 0 Å². The van der Waals surface area contributed by atoms with Crippen LogP contribution in [0.5, 0.6) is 0 Å². The molecule has 0 N–H and O–H groups in total. The highest BCUT2D eigenvalue weighted by Crippen LogP contribution is 2.25. The number of ketones is 1. The van der Waals surface area contributed by atoms with Crippen LogP contribution in [0.25, 0.3) is 0 Å². The highest BCUT2D eigenvalue weighted by molar-refractivity contribution is 7.91. The molecule has 0 saturated heterocycles. The number of benzene rings is 1. The van der Waals surface area contributed by atoms with Gasteiger partial charge in [0.25, 0.3) is 0 Å². The van der Waals surface area contributed by atoms with Crippen molar-refractivity contribution >= 4 is 15.6 Å². The molecule has 0 amide bonds. The first kappa shape index (κ1) is 19.1. The van der Waals surface area contributed by atoms with Crippen LogP contribution in [-0.2, 0) is 33.9 Å². The summed E-state index contributed by atoms with van der Waals surface area (Å²) in [6, 6.07) is 5.82. The van der Waals surface area contributed by atoms with Crippen LogP contribution in [0.3, 0.4) is 0 Å². The first-order chi connectivity index (χ1) is 11.3. The SMILES string of the molecule is CC(C)S(=O)(=O)CCCCCC(=O)Cc1ccc2c(c1)CC(F)C2. The fourth-order valence-corrected chi connectivity index (χ4v) is 4.16. The van der Waals surface area contributed by atoms with E-state index in [1.54, 1.807) is 13.8 Å². The lowest BCUT2D eigenvalue weighted by Crippen LogP contribution is -2.17. The molecule has 0 saturated carbocycles. The summed E-state index contributed by atoms with van der Waals surface area (Å²) >= 11 is 0. The van der Waals surface area contributed by atoms with Gasteiger partial charge in [-0.1, -0.05) is 24.6 Å². The zero-order valence-electron chi connectivity index (χ0n) is 14.6. The second kappa shape index (κ2) is 8.24. The third-order valence-electron chi connectivity index (χ3n) is 4.66. The van der Waals surface area contributed by atoms with E-state index in [0.717, 1.165) is 29.5 Å². The third kappa shape index (κ3) is 5.40. The van der Waals surface area contributed by atoms with Crippen molar-refractivity contribution in [2.75, 3.05) is 5.75 Å². The molecular formula is C19H27FO3S. The smallest absolute Gasteiger partial charge is 0.152 e. The number of carbonyl (C=O) groups is 1. The average Bonchev–Trinajstić information content (AvgIpc) is 2.86. The molecule has 2 rings (SSSR count). The van der Waals surface area contributed by atoms with Gasteiger partial charge in [0.15, 0.2) is 9.84 Å². The van der Waals surface area contributed by atoms with E-state index in [2.05, 4.69) is 0 Å². The lowest BCUT2D eigenvalue weighted by Gasteiger charge is -2.07. The minimum absolute atomic E-state index is 0.163. The summed E-state index contributed by atoms with van der Waals surface area (Å²) in [7, 11) is -2.97. The van der Waals surface area contributed by atoms with Crippen molar-refractivity contribution in [3.63, 3.8) is 0 Å². The summed E-state index contributed by atoms with van der Waals surface area (Å²) in [5, 5.41) is -0.331. The fraction of sp³-hybridized carbons (Fsp3) is 0.632. The van der Waals surface area contributed by atoms with E-state index < -0.39 is 16.0 Å². The first-order valence-electron chi connectivity index (χ1n) is 8.76. The quantitative estimate of drug-likeness (QED) is 0.637. The zero-order chi connectivity index (χ0) is 17.7. The van der Waals surface area contributed by atoms with E-state index in [0.29, 0.717) is 32.1 Å². The van der Waals surface area contributed by atoms with Crippen LogP contribution in [0.2, 0.25) is 0 Å². The maximum atomic E-state index is 13.4. The predicted molar refractivity (Wildman–Crippen MR) is 94.8 cm³/mol. The maximum absolute atomic E-state index is 13.4. The standard InChI is InChI=1S/C19H27FO3S/c1-14(2)24(22,23)9-5-3-4-6-19(21)11-15-7-8-16-12-18(20)13-17(16)10-15/h7-8,10,14,18H,3-6,9,11-13H2,1-2H3. The minimum atomic E-state index is -2.97. The van der Waals surface area contributed by atoms with E-state index in [1.165, 1.54) is 0 Å². The van der Waals surface area contributed by atoms with Gasteiger partial charge in [0.1, 0.15) is 12.0 Å². The van der Waals surface area contributed by atoms with Gasteiger partial charge in [-0.3, -0.25) is 4.79 Å². The molecule has 0 radical (unpaired) electrons. The first-order valence-corrected chi connectivity index (χ1v) is 10.5. The Balaban J connectivity index is 1.70. The summed E-state index contributed by atoms with van der Waals surface area (Å²) in [4.78, 5) is 12.1. The lowest BCUT2D eigenvalue weighted by molar-refractivity contribution is -0.118. The van der Waals surface area contributed by atoms with Gasteiger partial charge < -0.3 is 0 Å². The van der Waals surface area contributed by atoms with E-state index in [-0.39, 0.29) is 16.8 Å². The number of hydrogen-bond donors (Lipinski definition) is 0. The zero-order valence-corrected chi connectivity index (χ0v) is 15.4. The van der Waals surface area contributed by atoms with Crippen molar-refractivity contribution in [3.8, 4) is 0 Å². The molecule has 1 unspecified atom stereocenters. The van der Waals surface area contributed by atoms with Crippen molar-refractivity contribution in [2.24, 2.45) is 0 Å². The largest absolute Gasteiger partial charge is 0.299 e. The number of sulfone groups is 1. The molecule has 1 aromatic rings. The molecule has 0 aliphatic heterocycles. The normalized spacial score (nSPS) is 17.2. The number of hydrogen-bond acceptors (Lipinski definition) is 3. The molecule has 1 atom stereocenters. The molecule has 134 valence electrons. The molecule has 1 aliphatic rings. The third-order valence-corrected chi connectivity index (χ3v) is 6.95. The summed E-state index contributed by atoms with van der Waals surface area (Å²) in [5.74, 6) is 0.366. The lowest BCUT2D eigenvalue weighted by atomic mass is 10.0. The minimum Gasteiger partial charge on any atom is -0.299 e. The van der Waals surface area contributed by atoms with Crippen LogP contribution in [0.15, 0.2) is 18.2 Å². The Kier molecular flexibility index (Phi) is 6.55. The Hall–Kier alpha value is -1.23. The molecule has 0 spiro atoms. The fourth-order valence-electron chi connectivity index (χ4n) is 3.08. The predicted octanol–water partition coefficient (Wildman–Crippen LogP) is 3.62. The van der Waals surface area contributed by atoms with Crippen LogP contribution < -0.4 is 0 Å². The summed E-state index contributed by atoms with van der Waals surface area (Å²) in [6.07, 6.45) is 3.12. The Morgan fingerprint density at radius 2 is 1.88 bits per heavy atom. The van der Waals surface area contributed by atoms with Crippen LogP contribution in [0.1, 0.15) is 56.2 Å². The highest BCUT2D eigenvalue weighted by atomic mass is 32.2. The summed E-state index contributed by atoms with van der Waals surface area (Å²) in [5.41, 5.74) is 3.05. The average molecular weight is 354 g/mol. The topological polar surface area (TPSA) is 51.2 Å². The van der Waals surface area contributed by atoms with Gasteiger partial charge in [-0.25, -0.2) is 12.8 Å². The Morgan fingerprint density at radius 1 is 1.17 bits per heavy atom. The number of rotatable bonds is 9. The maximum Gasteiger partial charge on any atom is 0.152 e. The van der Waals surface area contributed by atoms with E-state index >= 15 is 0 Å². The van der Waals surface area contributed by atoms with Gasteiger partial charge in [0, 0.05) is 25.7 Å². The Morgan fingerprint density at radius 3 is 2.58 bits per heavy atom. The van der Waals surface area contributed by atoms with Crippen molar-refractivity contribution in [2.45, 2.75) is 70.2 Å². The van der Waals surface area contributed by atoms with Crippen molar-refractivity contribution < 1.29 is 17.6 Å². The number of halogens is 1. The second-order valence-electron chi connectivity index (χ2n) is 7.05. The second-order valence-corrected chi connectivity index (χ2v) is 9.73. The van der Waals surface area contributed by atoms with E-state index in [1.807, 2.05) is 18.2 Å². The van der Waals surface area contributed by atoms with Crippen molar-refractivity contribution in [1.82, 2.24) is 0 Å². The summed E-state index contributed by atoms with van der Waals surface area (Å²) < 4.78 is 36.8. The molecule has 24 heavy (non-hydrogen) atoms. The Bertz CT molecular complexity index is 680. The molecule has 0 heterocycles. The van der Waals surface area contributed by atoms with Gasteiger partial charge in [-0.15, -0.1) is 0 Å². The molecule has 0 bridgehead atoms. The van der Waals surface area contributed by atoms with Gasteiger partial charge in [0.2, 0.25) is 0 Å². The molecule has 0 fully saturated rings. The summed E-state index contributed by atoms with van der Waals surface area (Å²) in [6.45, 7) is 3.39. The molecule has 1 aliphatic carbocycles. The number of Topliss-reactive ketones (excluding diaryl/α,β-unsaturated/α-hetero) is 1. The number of unbranched alkanes of at least 4 members (excludes halogenated alkanes) is 2. The molecule has 5 heteroatoms. The molecular weight excluding hydrogens is 327 g/mol. The number of fused-ring (bicyclic) bond motifs is 1. The molecule has 0 aromatic heterocycles. The van der Waals surface area contributed by atoms with Crippen molar-refractivity contribution in [3.05, 3.63) is 34.9 Å². The van der Waals surface area contributed by atoms with Gasteiger partial charge >= 0.3 is 0 Å². The number of alkyl halides is 1. The van der Waals surface area contributed by atoms with Gasteiger partial charge in [0.05, 0.1) is 11.0 Å². The van der Waals surface area contributed by atoms with Crippen LogP contribution in [0.4, 0.5) is 4.39 Å². The highest BCUT2D eigenvalue weighted by Gasteiger charge is 2.21. The monoisotopic (exact) mass is 354 g/mol. The molecule has 1 aromatic carbocycles. The molecule has 3 nitrogen and oxygen atoms in total. The van der Waals surface area contributed by atoms with Gasteiger partial charge in [-0.05, 0) is 43.4 Å². The van der Waals surface area contributed by atoms with E-state index in [4.69, 9.17) is 0 Å². The Labute approximate surface area is 144 Å². The van der Waals surface area contributed by atoms with E-state index in [9.17, 15) is 17.6 Å².